The van der Waals surface area contributed by atoms with Gasteiger partial charge >= 0.3 is 5.97 Å². The zero-order valence-corrected chi connectivity index (χ0v) is 12.5. The molecule has 0 spiro atoms. The summed E-state index contributed by atoms with van der Waals surface area (Å²) in [7, 11) is 1.40. The van der Waals surface area contributed by atoms with E-state index >= 15 is 0 Å². The van der Waals surface area contributed by atoms with Crippen molar-refractivity contribution in [3.63, 3.8) is 0 Å². The molecule has 6 nitrogen and oxygen atoms in total. The maximum Gasteiger partial charge on any atom is 0.308 e. The first-order valence-corrected chi connectivity index (χ1v) is 7.12. The number of piperidine rings is 1. The molecule has 1 saturated heterocycles. The first-order chi connectivity index (χ1) is 10.0. The van der Waals surface area contributed by atoms with Gasteiger partial charge in [-0.3, -0.25) is 19.8 Å². The Labute approximate surface area is 127 Å². The monoisotopic (exact) mass is 312 g/mol. The van der Waals surface area contributed by atoms with Gasteiger partial charge in [-0.15, -0.1) is 0 Å². The molecule has 1 aliphatic heterocycles. The number of esters is 1. The minimum atomic E-state index is -0.477. The number of carbonyl (C=O) groups excluding carboxylic acids is 1. The van der Waals surface area contributed by atoms with Crippen molar-refractivity contribution in [1.29, 1.82) is 0 Å². The number of nitro groups is 1. The molecule has 0 unspecified atom stereocenters. The number of rotatable bonds is 4. The van der Waals surface area contributed by atoms with Crippen molar-refractivity contribution in [3.05, 3.63) is 38.9 Å². The number of halogens is 1. The van der Waals surface area contributed by atoms with E-state index in [-0.39, 0.29) is 22.6 Å². The molecule has 7 heteroatoms. The first kappa shape index (κ1) is 15.7. The molecule has 2 rings (SSSR count). The minimum absolute atomic E-state index is 0.0363. The van der Waals surface area contributed by atoms with Gasteiger partial charge in [0.25, 0.3) is 5.69 Å². The number of nitrogens with zero attached hydrogens (tertiary/aromatic N) is 2. The van der Waals surface area contributed by atoms with Crippen LogP contribution in [-0.2, 0) is 16.1 Å². The number of ether oxygens (including phenoxy) is 1. The van der Waals surface area contributed by atoms with Crippen LogP contribution in [0.1, 0.15) is 18.4 Å². The Bertz CT molecular complexity index is 542. The number of likely N-dealkylation sites (tertiary alicyclic amines) is 1. The molecule has 0 bridgehead atoms. The first-order valence-electron chi connectivity index (χ1n) is 6.74. The minimum Gasteiger partial charge on any atom is -0.469 e. The Balaban J connectivity index is 1.96. The average Bonchev–Trinajstić information content (AvgIpc) is 2.49. The van der Waals surface area contributed by atoms with Crippen LogP contribution in [0.2, 0.25) is 5.02 Å². The summed E-state index contributed by atoms with van der Waals surface area (Å²) in [5, 5.41) is 11.0. The molecule has 1 aromatic carbocycles. The van der Waals surface area contributed by atoms with Gasteiger partial charge in [0, 0.05) is 12.6 Å². The molecule has 1 fully saturated rings. The molecular weight excluding hydrogens is 296 g/mol. The van der Waals surface area contributed by atoms with Crippen molar-refractivity contribution < 1.29 is 14.5 Å². The van der Waals surface area contributed by atoms with Crippen molar-refractivity contribution in [2.45, 2.75) is 19.4 Å². The molecule has 0 aromatic heterocycles. The summed E-state index contributed by atoms with van der Waals surface area (Å²) in [5.41, 5.74) is 0.779. The molecule has 0 saturated carbocycles. The fourth-order valence-corrected chi connectivity index (χ4v) is 2.73. The lowest BCUT2D eigenvalue weighted by Crippen LogP contribution is -2.36. The zero-order valence-electron chi connectivity index (χ0n) is 11.8. The van der Waals surface area contributed by atoms with Crippen LogP contribution < -0.4 is 0 Å². The summed E-state index contributed by atoms with van der Waals surface area (Å²) in [6.45, 7) is 2.16. The summed E-state index contributed by atoms with van der Waals surface area (Å²) in [6, 6.07) is 4.85. The van der Waals surface area contributed by atoms with Gasteiger partial charge in [0.15, 0.2) is 0 Å². The van der Waals surface area contributed by atoms with Crippen molar-refractivity contribution in [2.75, 3.05) is 20.2 Å². The summed E-state index contributed by atoms with van der Waals surface area (Å²) in [6.07, 6.45) is 1.50. The fourth-order valence-electron chi connectivity index (χ4n) is 2.55. The van der Waals surface area contributed by atoms with Gasteiger partial charge in [-0.1, -0.05) is 17.7 Å². The lowest BCUT2D eigenvalue weighted by molar-refractivity contribution is -0.384. The second-order valence-electron chi connectivity index (χ2n) is 5.12. The standard InChI is InChI=1S/C14H17ClN2O4/c1-21-14(18)11-4-6-16(7-5-11)9-10-2-3-12(15)13(8-10)17(19)20/h2-3,8,11H,4-7,9H2,1H3. The maximum absolute atomic E-state index is 11.5. The van der Waals surface area contributed by atoms with Gasteiger partial charge in [-0.05, 0) is 37.6 Å². The summed E-state index contributed by atoms with van der Waals surface area (Å²) in [5.74, 6) is -0.192. The van der Waals surface area contributed by atoms with Crippen LogP contribution in [0.4, 0.5) is 5.69 Å². The van der Waals surface area contributed by atoms with Crippen molar-refractivity contribution in [1.82, 2.24) is 4.90 Å². The summed E-state index contributed by atoms with van der Waals surface area (Å²) >= 11 is 5.80. The maximum atomic E-state index is 11.5. The molecule has 1 aliphatic rings. The van der Waals surface area contributed by atoms with E-state index in [9.17, 15) is 14.9 Å². The smallest absolute Gasteiger partial charge is 0.308 e. The van der Waals surface area contributed by atoms with E-state index in [1.165, 1.54) is 13.2 Å². The third kappa shape index (κ3) is 3.92. The zero-order chi connectivity index (χ0) is 15.4. The van der Waals surface area contributed by atoms with E-state index in [1.807, 2.05) is 0 Å². The molecule has 0 radical (unpaired) electrons. The fraction of sp³-hybridized carbons (Fsp3) is 0.500. The van der Waals surface area contributed by atoms with E-state index in [4.69, 9.17) is 16.3 Å². The van der Waals surface area contributed by atoms with Gasteiger partial charge in [0.2, 0.25) is 0 Å². The van der Waals surface area contributed by atoms with Crippen LogP contribution in [0.25, 0.3) is 0 Å². The number of carbonyl (C=O) groups is 1. The second kappa shape index (κ2) is 6.87. The number of nitro benzene ring substituents is 1. The quantitative estimate of drug-likeness (QED) is 0.485. The number of benzene rings is 1. The van der Waals surface area contributed by atoms with Crippen molar-refractivity contribution in [3.8, 4) is 0 Å². The molecule has 1 heterocycles. The van der Waals surface area contributed by atoms with Crippen LogP contribution in [0.3, 0.4) is 0 Å². The van der Waals surface area contributed by atoms with Crippen LogP contribution in [0.15, 0.2) is 18.2 Å². The third-order valence-corrected chi connectivity index (χ3v) is 4.06. The molecule has 0 N–H and O–H groups in total. The molecule has 114 valence electrons. The average molecular weight is 313 g/mol. The Kier molecular flexibility index (Phi) is 5.14. The van der Waals surface area contributed by atoms with E-state index in [0.29, 0.717) is 6.54 Å². The van der Waals surface area contributed by atoms with Crippen LogP contribution in [-0.4, -0.2) is 36.0 Å². The SMILES string of the molecule is COC(=O)C1CCN(Cc2ccc(Cl)c([N+](=O)[O-])c2)CC1. The van der Waals surface area contributed by atoms with Crippen LogP contribution in [0.5, 0.6) is 0 Å². The molecule has 0 aliphatic carbocycles. The highest BCUT2D eigenvalue weighted by Crippen LogP contribution is 2.26. The topological polar surface area (TPSA) is 72.7 Å². The Hall–Kier alpha value is -1.66. The molecule has 21 heavy (non-hydrogen) atoms. The number of hydrogen-bond donors (Lipinski definition) is 0. The third-order valence-electron chi connectivity index (χ3n) is 3.74. The lowest BCUT2D eigenvalue weighted by atomic mass is 9.96. The van der Waals surface area contributed by atoms with Gasteiger partial charge < -0.3 is 4.74 Å². The van der Waals surface area contributed by atoms with E-state index in [1.54, 1.807) is 12.1 Å². The highest BCUT2D eigenvalue weighted by Gasteiger charge is 2.25. The molecule has 0 atom stereocenters. The van der Waals surface area contributed by atoms with E-state index in [2.05, 4.69) is 4.90 Å². The van der Waals surface area contributed by atoms with E-state index < -0.39 is 4.92 Å². The molecular formula is C14H17ClN2O4. The predicted octanol–water partition coefficient (Wildman–Crippen LogP) is 2.63. The van der Waals surface area contributed by atoms with Crippen molar-refractivity contribution >= 4 is 23.3 Å². The highest BCUT2D eigenvalue weighted by molar-refractivity contribution is 6.32. The number of methoxy groups -OCH3 is 1. The van der Waals surface area contributed by atoms with Gasteiger partial charge in [-0.2, -0.15) is 0 Å². The lowest BCUT2D eigenvalue weighted by Gasteiger charge is -2.30. The molecule has 1 aromatic rings. The highest BCUT2D eigenvalue weighted by atomic mass is 35.5. The Morgan fingerprint density at radius 3 is 2.71 bits per heavy atom. The van der Waals surface area contributed by atoms with Gasteiger partial charge in [-0.25, -0.2) is 0 Å². The number of hydrogen-bond acceptors (Lipinski definition) is 5. The van der Waals surface area contributed by atoms with Crippen LogP contribution >= 0.6 is 11.6 Å². The normalized spacial score (nSPS) is 16.7. The van der Waals surface area contributed by atoms with Crippen molar-refractivity contribution in [2.24, 2.45) is 5.92 Å². The molecule has 0 amide bonds. The Morgan fingerprint density at radius 1 is 1.48 bits per heavy atom. The van der Waals surface area contributed by atoms with Gasteiger partial charge in [0.05, 0.1) is 18.0 Å². The predicted molar refractivity (Wildman–Crippen MR) is 78.1 cm³/mol. The van der Waals surface area contributed by atoms with Gasteiger partial charge in [0.1, 0.15) is 5.02 Å². The van der Waals surface area contributed by atoms with Crippen LogP contribution in [0, 0.1) is 16.0 Å². The second-order valence-corrected chi connectivity index (χ2v) is 5.52. The summed E-state index contributed by atoms with van der Waals surface area (Å²) < 4.78 is 4.75. The largest absolute Gasteiger partial charge is 0.469 e. The Morgan fingerprint density at radius 2 is 2.14 bits per heavy atom. The van der Waals surface area contributed by atoms with E-state index in [0.717, 1.165) is 31.5 Å². The summed E-state index contributed by atoms with van der Waals surface area (Å²) in [4.78, 5) is 24.0.